The molecule has 0 aliphatic heterocycles. The summed E-state index contributed by atoms with van der Waals surface area (Å²) in [4.78, 5) is 29.5. The zero-order valence-electron chi connectivity index (χ0n) is 17.0. The topological polar surface area (TPSA) is 157 Å². The molecule has 10 heteroatoms. The Morgan fingerprint density at radius 3 is 2.50 bits per heavy atom. The van der Waals surface area contributed by atoms with E-state index in [0.717, 1.165) is 11.1 Å². The highest BCUT2D eigenvalue weighted by atomic mass is 32.1. The summed E-state index contributed by atoms with van der Waals surface area (Å²) < 4.78 is 0. The Balaban J connectivity index is 1.66. The molecule has 3 aromatic rings. The van der Waals surface area contributed by atoms with Crippen molar-refractivity contribution in [3.05, 3.63) is 71.1 Å². The number of nitrogens with zero attached hydrogens (tertiary/aromatic N) is 2. The Morgan fingerprint density at radius 2 is 1.84 bits per heavy atom. The first kappa shape index (κ1) is 22.5. The van der Waals surface area contributed by atoms with Crippen molar-refractivity contribution in [3.63, 3.8) is 0 Å². The van der Waals surface area contributed by atoms with E-state index in [2.05, 4.69) is 20.9 Å². The number of hydrogen-bond donors (Lipinski definition) is 5. The predicted octanol–water partition coefficient (Wildman–Crippen LogP) is 2.27. The van der Waals surface area contributed by atoms with Crippen LogP contribution >= 0.6 is 11.3 Å². The summed E-state index contributed by atoms with van der Waals surface area (Å²) in [5.41, 5.74) is 8.01. The molecule has 2 amide bonds. The number of hydrogen-bond acceptors (Lipinski definition) is 6. The maximum Gasteiger partial charge on any atom is 0.251 e. The number of aromatic nitrogens is 1. The van der Waals surface area contributed by atoms with Gasteiger partial charge in [0.05, 0.1) is 17.7 Å². The molecule has 1 heterocycles. The third kappa shape index (κ3) is 5.90. The molecule has 1 unspecified atom stereocenters. The van der Waals surface area contributed by atoms with E-state index >= 15 is 0 Å². The third-order valence-electron chi connectivity index (χ3n) is 4.52. The zero-order chi connectivity index (χ0) is 22.9. The predicted molar refractivity (Wildman–Crippen MR) is 123 cm³/mol. The molecule has 3 rings (SSSR count). The smallest absolute Gasteiger partial charge is 0.251 e. The molecule has 6 N–H and O–H groups in total. The second-order valence-corrected chi connectivity index (χ2v) is 7.56. The van der Waals surface area contributed by atoms with E-state index in [1.54, 1.807) is 36.4 Å². The van der Waals surface area contributed by atoms with E-state index < -0.39 is 5.92 Å². The second-order valence-electron chi connectivity index (χ2n) is 6.70. The second kappa shape index (κ2) is 10.7. The van der Waals surface area contributed by atoms with Gasteiger partial charge in [0, 0.05) is 23.1 Å². The van der Waals surface area contributed by atoms with Crippen LogP contribution in [0, 0.1) is 16.7 Å². The lowest BCUT2D eigenvalue weighted by Gasteiger charge is -2.17. The van der Waals surface area contributed by atoms with E-state index in [9.17, 15) is 9.59 Å². The van der Waals surface area contributed by atoms with Gasteiger partial charge in [-0.15, -0.1) is 11.3 Å². The fourth-order valence-corrected chi connectivity index (χ4v) is 3.70. The van der Waals surface area contributed by atoms with E-state index in [1.807, 2.05) is 29.6 Å². The molecule has 0 saturated carbocycles. The number of thiazole rings is 1. The van der Waals surface area contributed by atoms with Crippen molar-refractivity contribution in [2.75, 3.05) is 18.4 Å². The van der Waals surface area contributed by atoms with Crippen LogP contribution in [0.4, 0.5) is 5.13 Å². The molecule has 0 saturated heterocycles. The van der Waals surface area contributed by atoms with Crippen molar-refractivity contribution in [1.82, 2.24) is 15.6 Å². The number of carbonyl (C=O) groups excluding carboxylic acids is 2. The van der Waals surface area contributed by atoms with Crippen LogP contribution in [-0.2, 0) is 4.79 Å². The molecule has 162 valence electrons. The molecule has 1 aromatic heterocycles. The highest BCUT2D eigenvalue weighted by Crippen LogP contribution is 2.25. The van der Waals surface area contributed by atoms with Gasteiger partial charge in [-0.3, -0.25) is 15.0 Å². The molecule has 1 atom stereocenters. The minimum atomic E-state index is -0.616. The molecule has 0 bridgehead atoms. The number of guanidine groups is 1. The normalized spacial score (nSPS) is 11.1. The van der Waals surface area contributed by atoms with Gasteiger partial charge in [0.2, 0.25) is 5.91 Å². The fourth-order valence-electron chi connectivity index (χ4n) is 2.97. The Labute approximate surface area is 188 Å². The summed E-state index contributed by atoms with van der Waals surface area (Å²) in [6.07, 6.45) is 0. The average molecular weight is 448 g/mol. The number of anilines is 1. The molecule has 0 aliphatic rings. The summed E-state index contributed by atoms with van der Waals surface area (Å²) in [6.45, 7) is -0.00807. The van der Waals surface area contributed by atoms with Crippen molar-refractivity contribution in [2.45, 2.75) is 5.92 Å². The monoisotopic (exact) mass is 447 g/mol. The van der Waals surface area contributed by atoms with E-state index in [4.69, 9.17) is 16.4 Å². The van der Waals surface area contributed by atoms with Crippen molar-refractivity contribution in [1.29, 1.82) is 10.7 Å². The van der Waals surface area contributed by atoms with E-state index in [1.165, 1.54) is 11.3 Å². The van der Waals surface area contributed by atoms with Crippen LogP contribution in [-0.4, -0.2) is 35.8 Å². The van der Waals surface area contributed by atoms with Crippen molar-refractivity contribution in [3.8, 4) is 17.3 Å². The highest BCUT2D eigenvalue weighted by Gasteiger charge is 2.21. The lowest BCUT2D eigenvalue weighted by atomic mass is 9.98. The van der Waals surface area contributed by atoms with Crippen LogP contribution in [0.3, 0.4) is 0 Å². The van der Waals surface area contributed by atoms with Gasteiger partial charge in [0.25, 0.3) is 5.91 Å². The first-order chi connectivity index (χ1) is 15.5. The third-order valence-corrected chi connectivity index (χ3v) is 5.27. The Morgan fingerprint density at radius 1 is 1.12 bits per heavy atom. The number of carbonyl (C=O) groups is 2. The van der Waals surface area contributed by atoms with E-state index in [0.29, 0.717) is 16.4 Å². The lowest BCUT2D eigenvalue weighted by Crippen LogP contribution is -2.37. The zero-order valence-corrected chi connectivity index (χ0v) is 17.8. The number of nitrogens with two attached hydrogens (primary N) is 1. The lowest BCUT2D eigenvalue weighted by molar-refractivity contribution is -0.122. The fraction of sp³-hybridized carbons (Fsp3) is 0.136. The standard InChI is InChI=1S/C22H21N7O2S/c23-10-11-26-20(31)17(14-4-2-1-3-5-14)12-27-19(30)16-8-6-15(7-9-16)18-13-32-22(28-18)29-21(24)25/h1-9,13,17H,11-12H2,(H,26,31)(H,27,30)(H4,24,25,28,29). The Hall–Kier alpha value is -4.23. The van der Waals surface area contributed by atoms with Gasteiger partial charge >= 0.3 is 0 Å². The maximum atomic E-state index is 12.6. The highest BCUT2D eigenvalue weighted by molar-refractivity contribution is 7.14. The van der Waals surface area contributed by atoms with Crippen LogP contribution in [0.25, 0.3) is 11.3 Å². The van der Waals surface area contributed by atoms with Crippen LogP contribution in [0.2, 0.25) is 0 Å². The molecule has 9 nitrogen and oxygen atoms in total. The molecule has 0 radical (unpaired) electrons. The van der Waals surface area contributed by atoms with Gasteiger partial charge in [0.15, 0.2) is 11.1 Å². The molecule has 0 spiro atoms. The van der Waals surface area contributed by atoms with Crippen LogP contribution in [0.15, 0.2) is 60.0 Å². The molecule has 0 aliphatic carbocycles. The van der Waals surface area contributed by atoms with Gasteiger partial charge in [-0.2, -0.15) is 5.26 Å². The van der Waals surface area contributed by atoms with Crippen molar-refractivity contribution in [2.24, 2.45) is 5.73 Å². The van der Waals surface area contributed by atoms with Gasteiger partial charge < -0.3 is 21.7 Å². The summed E-state index contributed by atoms with van der Waals surface area (Å²) in [6, 6.07) is 17.9. The van der Waals surface area contributed by atoms with Crippen molar-refractivity contribution >= 4 is 34.2 Å². The first-order valence-electron chi connectivity index (χ1n) is 9.62. The van der Waals surface area contributed by atoms with E-state index in [-0.39, 0.29) is 30.9 Å². The number of nitrogens with one attached hydrogen (secondary N) is 4. The minimum absolute atomic E-state index is 0.0913. The SMILES string of the molecule is N#CCNC(=O)C(CNC(=O)c1ccc(-c2csc(NC(=N)N)n2)cc1)c1ccccc1. The first-order valence-corrected chi connectivity index (χ1v) is 10.5. The van der Waals surface area contributed by atoms with Gasteiger partial charge in [-0.05, 0) is 17.7 Å². The van der Waals surface area contributed by atoms with Gasteiger partial charge in [-0.1, -0.05) is 42.5 Å². The van der Waals surface area contributed by atoms with Crippen LogP contribution < -0.4 is 21.7 Å². The van der Waals surface area contributed by atoms with Gasteiger partial charge in [0.1, 0.15) is 6.54 Å². The number of nitriles is 1. The average Bonchev–Trinajstić information content (AvgIpc) is 3.26. The summed E-state index contributed by atoms with van der Waals surface area (Å²) in [5.74, 6) is -1.45. The summed E-state index contributed by atoms with van der Waals surface area (Å²) >= 11 is 1.32. The number of amides is 2. The molecular formula is C22H21N7O2S. The Kier molecular flexibility index (Phi) is 7.51. The number of rotatable bonds is 8. The largest absolute Gasteiger partial charge is 0.370 e. The molecule has 2 aromatic carbocycles. The molecule has 32 heavy (non-hydrogen) atoms. The summed E-state index contributed by atoms with van der Waals surface area (Å²) in [7, 11) is 0. The van der Waals surface area contributed by atoms with Crippen LogP contribution in [0.5, 0.6) is 0 Å². The summed E-state index contributed by atoms with van der Waals surface area (Å²) in [5, 5.41) is 26.3. The number of benzene rings is 2. The quantitative estimate of drug-likeness (QED) is 0.202. The Bertz CT molecular complexity index is 1140. The van der Waals surface area contributed by atoms with Crippen molar-refractivity contribution < 1.29 is 9.59 Å². The minimum Gasteiger partial charge on any atom is -0.370 e. The maximum absolute atomic E-state index is 12.6. The molecular weight excluding hydrogens is 426 g/mol. The van der Waals surface area contributed by atoms with Gasteiger partial charge in [-0.25, -0.2) is 4.98 Å². The molecule has 0 fully saturated rings. The van der Waals surface area contributed by atoms with Crippen LogP contribution in [0.1, 0.15) is 21.8 Å².